The van der Waals surface area contributed by atoms with E-state index in [1.54, 1.807) is 0 Å². The Labute approximate surface area is 118 Å². The molecule has 3 rings (SSSR count). The van der Waals surface area contributed by atoms with Crippen LogP contribution in [0.5, 0.6) is 0 Å². The van der Waals surface area contributed by atoms with Crippen molar-refractivity contribution in [1.82, 2.24) is 9.38 Å². The molecule has 0 spiro atoms. The molecule has 3 nitrogen and oxygen atoms in total. The Balaban J connectivity index is 2.23. The largest absolute Gasteiger partial charge is 0.392 e. The van der Waals surface area contributed by atoms with E-state index in [1.807, 2.05) is 18.3 Å². The average molecular weight is 266 g/mol. The summed E-state index contributed by atoms with van der Waals surface area (Å²) in [7, 11) is 0. The maximum atomic E-state index is 9.23. The Morgan fingerprint density at radius 1 is 1.10 bits per heavy atom. The highest BCUT2D eigenvalue weighted by Gasteiger charge is 2.12. The number of benzene rings is 1. The molecule has 0 fully saturated rings. The zero-order valence-electron chi connectivity index (χ0n) is 12.0. The third kappa shape index (κ3) is 2.00. The molecular formula is C17H18N2O. The zero-order valence-corrected chi connectivity index (χ0v) is 12.0. The summed E-state index contributed by atoms with van der Waals surface area (Å²) in [4.78, 5) is 4.73. The molecule has 0 aliphatic rings. The van der Waals surface area contributed by atoms with Crippen LogP contribution in [0.15, 0.2) is 36.5 Å². The van der Waals surface area contributed by atoms with Gasteiger partial charge in [0, 0.05) is 17.5 Å². The topological polar surface area (TPSA) is 37.5 Å². The quantitative estimate of drug-likeness (QED) is 0.771. The van der Waals surface area contributed by atoms with E-state index in [4.69, 9.17) is 4.98 Å². The minimum Gasteiger partial charge on any atom is -0.392 e. The van der Waals surface area contributed by atoms with Crippen molar-refractivity contribution in [3.05, 3.63) is 58.9 Å². The maximum Gasteiger partial charge on any atom is 0.138 e. The van der Waals surface area contributed by atoms with Crippen LogP contribution in [-0.4, -0.2) is 14.5 Å². The number of hydrogen-bond donors (Lipinski definition) is 1. The van der Waals surface area contributed by atoms with E-state index in [-0.39, 0.29) is 6.61 Å². The summed E-state index contributed by atoms with van der Waals surface area (Å²) in [5, 5.41) is 9.23. The highest BCUT2D eigenvalue weighted by Crippen LogP contribution is 2.27. The molecule has 3 heteroatoms. The predicted molar refractivity (Wildman–Crippen MR) is 80.8 cm³/mol. The first-order chi connectivity index (χ1) is 9.60. The molecular weight excluding hydrogens is 248 g/mol. The number of nitrogens with zero attached hydrogens (tertiary/aromatic N) is 2. The fourth-order valence-corrected chi connectivity index (χ4v) is 2.64. The lowest BCUT2D eigenvalue weighted by Gasteiger charge is -2.05. The van der Waals surface area contributed by atoms with Crippen LogP contribution in [0.3, 0.4) is 0 Å². The van der Waals surface area contributed by atoms with Gasteiger partial charge in [-0.25, -0.2) is 4.98 Å². The molecule has 0 amide bonds. The van der Waals surface area contributed by atoms with Crippen molar-refractivity contribution in [1.29, 1.82) is 0 Å². The van der Waals surface area contributed by atoms with Crippen molar-refractivity contribution in [2.24, 2.45) is 0 Å². The second-order valence-corrected chi connectivity index (χ2v) is 5.29. The summed E-state index contributed by atoms with van der Waals surface area (Å²) in [6, 6.07) is 10.3. The smallest absolute Gasteiger partial charge is 0.138 e. The van der Waals surface area contributed by atoms with E-state index in [1.165, 1.54) is 16.7 Å². The summed E-state index contributed by atoms with van der Waals surface area (Å²) in [5.41, 5.74) is 7.56. The molecule has 0 aliphatic heterocycles. The SMILES string of the molecule is Cc1ccc(-c2nc3cc(CO)ccn3c2C)c(C)c1. The zero-order chi connectivity index (χ0) is 14.3. The van der Waals surface area contributed by atoms with Gasteiger partial charge >= 0.3 is 0 Å². The lowest BCUT2D eigenvalue weighted by Crippen LogP contribution is -1.91. The van der Waals surface area contributed by atoms with Gasteiger partial charge in [-0.05, 0) is 44.0 Å². The fourth-order valence-electron chi connectivity index (χ4n) is 2.64. The number of aryl methyl sites for hydroxylation is 3. The van der Waals surface area contributed by atoms with Crippen LogP contribution in [0.25, 0.3) is 16.9 Å². The molecule has 1 aromatic carbocycles. The van der Waals surface area contributed by atoms with Crippen molar-refractivity contribution in [2.75, 3.05) is 0 Å². The molecule has 0 saturated carbocycles. The van der Waals surface area contributed by atoms with E-state index < -0.39 is 0 Å². The molecule has 2 heterocycles. The maximum absolute atomic E-state index is 9.23. The van der Waals surface area contributed by atoms with Gasteiger partial charge < -0.3 is 9.51 Å². The van der Waals surface area contributed by atoms with Gasteiger partial charge in [0.05, 0.1) is 12.3 Å². The van der Waals surface area contributed by atoms with Gasteiger partial charge in [-0.3, -0.25) is 0 Å². The summed E-state index contributed by atoms with van der Waals surface area (Å²) in [6.07, 6.45) is 1.97. The first kappa shape index (κ1) is 12.9. The molecule has 0 aliphatic carbocycles. The lowest BCUT2D eigenvalue weighted by molar-refractivity contribution is 0.282. The Kier molecular flexibility index (Phi) is 3.07. The third-order valence-corrected chi connectivity index (χ3v) is 3.75. The van der Waals surface area contributed by atoms with Crippen LogP contribution in [0.2, 0.25) is 0 Å². The van der Waals surface area contributed by atoms with Gasteiger partial charge in [0.15, 0.2) is 0 Å². The van der Waals surface area contributed by atoms with E-state index >= 15 is 0 Å². The number of hydrogen-bond acceptors (Lipinski definition) is 2. The van der Waals surface area contributed by atoms with Gasteiger partial charge in [0.25, 0.3) is 0 Å². The molecule has 3 aromatic rings. The molecule has 0 bridgehead atoms. The van der Waals surface area contributed by atoms with Crippen molar-refractivity contribution < 1.29 is 5.11 Å². The number of imidazole rings is 1. The van der Waals surface area contributed by atoms with E-state index in [2.05, 4.69) is 43.4 Å². The summed E-state index contributed by atoms with van der Waals surface area (Å²) in [6.45, 7) is 6.33. The summed E-state index contributed by atoms with van der Waals surface area (Å²) >= 11 is 0. The Morgan fingerprint density at radius 2 is 1.90 bits per heavy atom. The van der Waals surface area contributed by atoms with Crippen LogP contribution < -0.4 is 0 Å². The van der Waals surface area contributed by atoms with Crippen LogP contribution >= 0.6 is 0 Å². The predicted octanol–water partition coefficient (Wildman–Crippen LogP) is 3.42. The molecule has 0 atom stereocenters. The summed E-state index contributed by atoms with van der Waals surface area (Å²) in [5.74, 6) is 0. The molecule has 102 valence electrons. The number of rotatable bonds is 2. The van der Waals surface area contributed by atoms with Crippen LogP contribution in [-0.2, 0) is 6.61 Å². The molecule has 20 heavy (non-hydrogen) atoms. The molecule has 0 unspecified atom stereocenters. The Hall–Kier alpha value is -2.13. The molecule has 2 aromatic heterocycles. The van der Waals surface area contributed by atoms with Gasteiger partial charge in [-0.15, -0.1) is 0 Å². The van der Waals surface area contributed by atoms with Gasteiger partial charge in [-0.1, -0.05) is 23.8 Å². The van der Waals surface area contributed by atoms with Crippen LogP contribution in [0.1, 0.15) is 22.4 Å². The summed E-state index contributed by atoms with van der Waals surface area (Å²) < 4.78 is 2.06. The second kappa shape index (κ2) is 4.76. The number of aliphatic hydroxyl groups excluding tert-OH is 1. The minimum absolute atomic E-state index is 0.0430. The van der Waals surface area contributed by atoms with E-state index in [9.17, 15) is 5.11 Å². The van der Waals surface area contributed by atoms with Gasteiger partial charge in [0.1, 0.15) is 5.65 Å². The van der Waals surface area contributed by atoms with Crippen LogP contribution in [0, 0.1) is 20.8 Å². The Morgan fingerprint density at radius 3 is 2.60 bits per heavy atom. The van der Waals surface area contributed by atoms with Crippen molar-refractivity contribution in [3.8, 4) is 11.3 Å². The molecule has 1 N–H and O–H groups in total. The second-order valence-electron chi connectivity index (χ2n) is 5.29. The minimum atomic E-state index is 0.0430. The highest BCUT2D eigenvalue weighted by molar-refractivity contribution is 5.69. The first-order valence-corrected chi connectivity index (χ1v) is 6.76. The number of aromatic nitrogens is 2. The van der Waals surface area contributed by atoms with Crippen LogP contribution in [0.4, 0.5) is 0 Å². The molecule has 0 saturated heterocycles. The lowest BCUT2D eigenvalue weighted by atomic mass is 10.0. The van der Waals surface area contributed by atoms with Gasteiger partial charge in [0.2, 0.25) is 0 Å². The number of fused-ring (bicyclic) bond motifs is 1. The number of aliphatic hydroxyl groups is 1. The van der Waals surface area contributed by atoms with Crippen molar-refractivity contribution in [3.63, 3.8) is 0 Å². The third-order valence-electron chi connectivity index (χ3n) is 3.75. The fraction of sp³-hybridized carbons (Fsp3) is 0.235. The van der Waals surface area contributed by atoms with Crippen molar-refractivity contribution >= 4 is 5.65 Å². The standard InChI is InChI=1S/C17H18N2O/c1-11-4-5-15(12(2)8-11)17-13(3)19-7-6-14(10-20)9-16(19)18-17/h4-9,20H,10H2,1-3H3. The normalized spacial score (nSPS) is 11.2. The van der Waals surface area contributed by atoms with E-state index in [0.717, 1.165) is 22.6 Å². The van der Waals surface area contributed by atoms with Crippen molar-refractivity contribution in [2.45, 2.75) is 27.4 Å². The molecule has 0 radical (unpaired) electrons. The highest BCUT2D eigenvalue weighted by atomic mass is 16.3. The average Bonchev–Trinajstić information content (AvgIpc) is 2.75. The van der Waals surface area contributed by atoms with Gasteiger partial charge in [-0.2, -0.15) is 0 Å². The Bertz CT molecular complexity index is 787. The van der Waals surface area contributed by atoms with E-state index in [0.29, 0.717) is 0 Å². The first-order valence-electron chi connectivity index (χ1n) is 6.76. The number of pyridine rings is 1. The monoisotopic (exact) mass is 266 g/mol.